The zero-order valence-electron chi connectivity index (χ0n) is 16.9. The van der Waals surface area contributed by atoms with Gasteiger partial charge in [-0.05, 0) is 37.8 Å². The summed E-state index contributed by atoms with van der Waals surface area (Å²) in [6, 6.07) is 5.91. The van der Waals surface area contributed by atoms with Crippen LogP contribution in [-0.4, -0.2) is 74.3 Å². The van der Waals surface area contributed by atoms with Crippen molar-refractivity contribution in [2.24, 2.45) is 5.92 Å². The fourth-order valence-corrected chi connectivity index (χ4v) is 3.85. The van der Waals surface area contributed by atoms with E-state index in [4.69, 9.17) is 9.47 Å². The number of carbonyl (C=O) groups is 2. The number of urea groups is 1. The number of benzene rings is 1. The van der Waals surface area contributed by atoms with Crippen molar-refractivity contribution in [3.63, 3.8) is 0 Å². The smallest absolute Gasteiger partial charge is 0.317 e. The van der Waals surface area contributed by atoms with Gasteiger partial charge >= 0.3 is 6.03 Å². The molecule has 2 aliphatic heterocycles. The SMILES string of the molecule is Cc1cccc(C)c1OCCNC(=O)N1CCCC(C(=O)N2CCOCC2)C1. The van der Waals surface area contributed by atoms with Crippen LogP contribution in [0.5, 0.6) is 5.75 Å². The van der Waals surface area contributed by atoms with Crippen molar-refractivity contribution in [1.29, 1.82) is 0 Å². The standard InChI is InChI=1S/C21H31N3O4/c1-16-5-3-6-17(2)19(16)28-12-8-22-21(26)24-9-4-7-18(15-24)20(25)23-10-13-27-14-11-23/h3,5-6,18H,4,7-15H2,1-2H3,(H,22,26). The van der Waals surface area contributed by atoms with Gasteiger partial charge in [-0.25, -0.2) is 4.79 Å². The Morgan fingerprint density at radius 1 is 1.14 bits per heavy atom. The monoisotopic (exact) mass is 389 g/mol. The minimum atomic E-state index is -0.121. The second-order valence-electron chi connectivity index (χ2n) is 7.52. The van der Waals surface area contributed by atoms with Crippen molar-refractivity contribution < 1.29 is 19.1 Å². The number of rotatable bonds is 5. The third-order valence-corrected chi connectivity index (χ3v) is 5.41. The summed E-state index contributed by atoms with van der Waals surface area (Å²) in [6.45, 7) is 8.56. The molecule has 2 saturated heterocycles. The third-order valence-electron chi connectivity index (χ3n) is 5.41. The van der Waals surface area contributed by atoms with Crippen LogP contribution in [0.15, 0.2) is 18.2 Å². The Bertz CT molecular complexity index is 668. The normalized spacial score (nSPS) is 20.0. The summed E-state index contributed by atoms with van der Waals surface area (Å²) in [4.78, 5) is 28.8. The summed E-state index contributed by atoms with van der Waals surface area (Å²) in [5.41, 5.74) is 2.18. The van der Waals surface area contributed by atoms with Gasteiger partial charge in [0.2, 0.25) is 5.91 Å². The van der Waals surface area contributed by atoms with Crippen molar-refractivity contribution >= 4 is 11.9 Å². The maximum absolute atomic E-state index is 12.7. The summed E-state index contributed by atoms with van der Waals surface area (Å²) in [6.07, 6.45) is 1.70. The molecule has 1 atom stereocenters. The molecule has 28 heavy (non-hydrogen) atoms. The first-order valence-electron chi connectivity index (χ1n) is 10.1. The molecule has 2 aliphatic rings. The number of hydrogen-bond acceptors (Lipinski definition) is 4. The number of para-hydroxylation sites is 1. The number of amides is 3. The topological polar surface area (TPSA) is 71.1 Å². The molecule has 2 heterocycles. The highest BCUT2D eigenvalue weighted by Gasteiger charge is 2.31. The van der Waals surface area contributed by atoms with Crippen LogP contribution in [0.25, 0.3) is 0 Å². The van der Waals surface area contributed by atoms with Crippen LogP contribution in [0, 0.1) is 19.8 Å². The lowest BCUT2D eigenvalue weighted by atomic mass is 9.96. The molecule has 0 radical (unpaired) electrons. The molecule has 0 bridgehead atoms. The van der Waals surface area contributed by atoms with E-state index in [0.29, 0.717) is 52.5 Å². The van der Waals surface area contributed by atoms with Gasteiger partial charge in [0.05, 0.1) is 25.7 Å². The minimum Gasteiger partial charge on any atom is -0.491 e. The highest BCUT2D eigenvalue weighted by atomic mass is 16.5. The predicted molar refractivity (Wildman–Crippen MR) is 107 cm³/mol. The van der Waals surface area contributed by atoms with Crippen LogP contribution in [0.4, 0.5) is 4.79 Å². The Labute approximate surface area is 167 Å². The van der Waals surface area contributed by atoms with Gasteiger partial charge in [0.15, 0.2) is 0 Å². The lowest BCUT2D eigenvalue weighted by Gasteiger charge is -2.36. The molecule has 1 aromatic rings. The van der Waals surface area contributed by atoms with E-state index in [0.717, 1.165) is 29.7 Å². The molecule has 0 aromatic heterocycles. The van der Waals surface area contributed by atoms with E-state index in [9.17, 15) is 9.59 Å². The van der Waals surface area contributed by atoms with E-state index < -0.39 is 0 Å². The van der Waals surface area contributed by atoms with Crippen LogP contribution >= 0.6 is 0 Å². The van der Waals surface area contributed by atoms with E-state index in [1.165, 1.54) is 0 Å². The molecule has 0 saturated carbocycles. The average Bonchev–Trinajstić information content (AvgIpc) is 2.73. The maximum atomic E-state index is 12.7. The zero-order valence-corrected chi connectivity index (χ0v) is 16.9. The van der Waals surface area contributed by atoms with E-state index in [1.807, 2.05) is 36.9 Å². The summed E-state index contributed by atoms with van der Waals surface area (Å²) < 4.78 is 11.2. The molecule has 1 N–H and O–H groups in total. The van der Waals surface area contributed by atoms with Crippen LogP contribution in [0.3, 0.4) is 0 Å². The van der Waals surface area contributed by atoms with Crippen molar-refractivity contribution in [3.05, 3.63) is 29.3 Å². The van der Waals surface area contributed by atoms with Gasteiger partial charge in [0.25, 0.3) is 0 Å². The fraction of sp³-hybridized carbons (Fsp3) is 0.619. The Morgan fingerprint density at radius 3 is 2.57 bits per heavy atom. The van der Waals surface area contributed by atoms with Gasteiger partial charge in [-0.15, -0.1) is 0 Å². The number of likely N-dealkylation sites (tertiary alicyclic amines) is 1. The first-order valence-corrected chi connectivity index (χ1v) is 10.1. The molecule has 1 aromatic carbocycles. The Balaban J connectivity index is 1.43. The molecule has 0 aliphatic carbocycles. The quantitative estimate of drug-likeness (QED) is 0.782. The van der Waals surface area contributed by atoms with E-state index >= 15 is 0 Å². The van der Waals surface area contributed by atoms with Gasteiger partial charge in [-0.2, -0.15) is 0 Å². The zero-order chi connectivity index (χ0) is 19.9. The number of piperidine rings is 1. The second kappa shape index (κ2) is 9.78. The highest BCUT2D eigenvalue weighted by molar-refractivity contribution is 5.81. The highest BCUT2D eigenvalue weighted by Crippen LogP contribution is 2.22. The number of carbonyl (C=O) groups excluding carboxylic acids is 2. The molecule has 2 fully saturated rings. The first-order chi connectivity index (χ1) is 13.6. The summed E-state index contributed by atoms with van der Waals surface area (Å²) >= 11 is 0. The van der Waals surface area contributed by atoms with Gasteiger partial charge in [-0.3, -0.25) is 4.79 Å². The van der Waals surface area contributed by atoms with Gasteiger partial charge in [0, 0.05) is 26.2 Å². The molecule has 0 spiro atoms. The van der Waals surface area contributed by atoms with E-state index in [-0.39, 0.29) is 17.9 Å². The number of nitrogens with zero attached hydrogens (tertiary/aromatic N) is 2. The molecular weight excluding hydrogens is 358 g/mol. The number of ether oxygens (including phenoxy) is 2. The van der Waals surface area contributed by atoms with E-state index in [1.54, 1.807) is 4.90 Å². The Kier molecular flexibility index (Phi) is 7.14. The van der Waals surface area contributed by atoms with E-state index in [2.05, 4.69) is 5.32 Å². The average molecular weight is 389 g/mol. The summed E-state index contributed by atoms with van der Waals surface area (Å²) in [5.74, 6) is 0.925. The molecular formula is C21H31N3O4. The maximum Gasteiger partial charge on any atom is 0.317 e. The number of nitrogens with one attached hydrogen (secondary N) is 1. The Hall–Kier alpha value is -2.28. The molecule has 3 amide bonds. The largest absolute Gasteiger partial charge is 0.491 e. The first kappa shape index (κ1) is 20.5. The molecule has 7 nitrogen and oxygen atoms in total. The predicted octanol–water partition coefficient (Wildman–Crippen LogP) is 1.96. The number of aryl methyl sites for hydroxylation is 2. The minimum absolute atomic E-state index is 0.108. The van der Waals surface area contributed by atoms with Crippen LogP contribution in [0.1, 0.15) is 24.0 Å². The third kappa shape index (κ3) is 5.16. The second-order valence-corrected chi connectivity index (χ2v) is 7.52. The summed E-state index contributed by atoms with van der Waals surface area (Å²) in [7, 11) is 0. The van der Waals surface area contributed by atoms with Crippen LogP contribution in [0.2, 0.25) is 0 Å². The fourth-order valence-electron chi connectivity index (χ4n) is 3.85. The number of morpholine rings is 1. The lowest BCUT2D eigenvalue weighted by Crippen LogP contribution is -2.51. The van der Waals surface area contributed by atoms with Gasteiger partial charge in [0.1, 0.15) is 12.4 Å². The molecule has 7 heteroatoms. The Morgan fingerprint density at radius 2 is 1.86 bits per heavy atom. The van der Waals surface area contributed by atoms with Gasteiger partial charge in [-0.1, -0.05) is 18.2 Å². The summed E-state index contributed by atoms with van der Waals surface area (Å²) in [5, 5.41) is 2.92. The lowest BCUT2D eigenvalue weighted by molar-refractivity contribution is -0.141. The van der Waals surface area contributed by atoms with Crippen molar-refractivity contribution in [2.45, 2.75) is 26.7 Å². The molecule has 154 valence electrons. The molecule has 3 rings (SSSR count). The number of hydrogen-bond donors (Lipinski definition) is 1. The van der Waals surface area contributed by atoms with Crippen LogP contribution in [-0.2, 0) is 9.53 Å². The van der Waals surface area contributed by atoms with Crippen LogP contribution < -0.4 is 10.1 Å². The van der Waals surface area contributed by atoms with Crippen molar-refractivity contribution in [2.75, 3.05) is 52.5 Å². The molecule has 1 unspecified atom stereocenters. The van der Waals surface area contributed by atoms with Crippen molar-refractivity contribution in [1.82, 2.24) is 15.1 Å². The van der Waals surface area contributed by atoms with Gasteiger partial charge < -0.3 is 24.6 Å². The van der Waals surface area contributed by atoms with Crippen molar-refractivity contribution in [3.8, 4) is 5.75 Å².